The van der Waals surface area contributed by atoms with Crippen molar-refractivity contribution in [1.29, 1.82) is 0 Å². The lowest BCUT2D eigenvalue weighted by Crippen LogP contribution is -2.32. The number of thioether (sulfide) groups is 1. The van der Waals surface area contributed by atoms with Crippen molar-refractivity contribution in [3.05, 3.63) is 0 Å². The quantitative estimate of drug-likeness (QED) is 0.662. The first kappa shape index (κ1) is 8.41. The molecule has 0 amide bonds. The van der Waals surface area contributed by atoms with Crippen molar-refractivity contribution >= 4 is 11.8 Å². The Morgan fingerprint density at radius 3 is 2.60 bits per heavy atom. The fraction of sp³-hybridized carbons (Fsp3) is 1.00. The van der Waals surface area contributed by atoms with Crippen LogP contribution in [-0.4, -0.2) is 17.2 Å². The van der Waals surface area contributed by atoms with Gasteiger partial charge in [0.15, 0.2) is 0 Å². The normalized spacial score (nSPS) is 33.6. The molecule has 1 heterocycles. The molecule has 1 rings (SSSR count). The monoisotopic (exact) mass is 159 g/mol. The number of hydrogen-bond donors (Lipinski definition) is 1. The molecule has 0 aromatic heterocycles. The van der Waals surface area contributed by atoms with Crippen molar-refractivity contribution < 1.29 is 0 Å². The molecule has 10 heavy (non-hydrogen) atoms. The molecule has 0 radical (unpaired) electrons. The molecule has 2 unspecified atom stereocenters. The third-order valence-corrected chi connectivity index (χ3v) is 3.61. The fourth-order valence-corrected chi connectivity index (χ4v) is 2.61. The molecule has 1 aliphatic heterocycles. The molecule has 1 fully saturated rings. The second-order valence-corrected chi connectivity index (χ2v) is 4.44. The van der Waals surface area contributed by atoms with Crippen LogP contribution in [0.25, 0.3) is 0 Å². The number of nitrogens with one attached hydrogen (secondary N) is 1. The maximum Gasteiger partial charge on any atom is 0.0558 e. The van der Waals surface area contributed by atoms with Crippen molar-refractivity contribution in [3.8, 4) is 0 Å². The predicted octanol–water partition coefficient (Wildman–Crippen LogP) is 2.08. The molecule has 1 aliphatic rings. The summed E-state index contributed by atoms with van der Waals surface area (Å²) in [6.07, 6.45) is 1.27. The van der Waals surface area contributed by atoms with Gasteiger partial charge in [0.25, 0.3) is 0 Å². The molecule has 0 aromatic rings. The van der Waals surface area contributed by atoms with Crippen LogP contribution in [0.1, 0.15) is 27.2 Å². The maximum absolute atomic E-state index is 3.60. The second-order valence-electron chi connectivity index (χ2n) is 3.27. The highest BCUT2D eigenvalue weighted by molar-refractivity contribution is 8.00. The molecular formula is C8H17NS. The minimum Gasteiger partial charge on any atom is -0.302 e. The van der Waals surface area contributed by atoms with Crippen LogP contribution in [0.4, 0.5) is 0 Å². The van der Waals surface area contributed by atoms with E-state index in [1.54, 1.807) is 0 Å². The molecule has 2 atom stereocenters. The highest BCUT2D eigenvalue weighted by Gasteiger charge is 2.24. The van der Waals surface area contributed by atoms with E-state index in [-0.39, 0.29) is 0 Å². The van der Waals surface area contributed by atoms with E-state index < -0.39 is 0 Å². The zero-order valence-corrected chi connectivity index (χ0v) is 7.87. The largest absolute Gasteiger partial charge is 0.302 e. The van der Waals surface area contributed by atoms with Crippen LogP contribution in [0.2, 0.25) is 0 Å². The smallest absolute Gasteiger partial charge is 0.0558 e. The summed E-state index contributed by atoms with van der Waals surface area (Å²) in [6, 6.07) is 0.775. The van der Waals surface area contributed by atoms with Crippen LogP contribution in [0, 0.1) is 5.92 Å². The Balaban J connectivity index is 2.28. The SMILES string of the molecule is CCC1CSC(C(C)C)N1. The first-order valence-electron chi connectivity index (χ1n) is 4.11. The van der Waals surface area contributed by atoms with Gasteiger partial charge in [0.1, 0.15) is 0 Å². The van der Waals surface area contributed by atoms with Gasteiger partial charge in [-0.3, -0.25) is 0 Å². The lowest BCUT2D eigenvalue weighted by atomic mass is 10.2. The van der Waals surface area contributed by atoms with Crippen LogP contribution in [-0.2, 0) is 0 Å². The Hall–Kier alpha value is 0.310. The van der Waals surface area contributed by atoms with E-state index in [9.17, 15) is 0 Å². The fourth-order valence-electron chi connectivity index (χ4n) is 1.17. The highest BCUT2D eigenvalue weighted by atomic mass is 32.2. The molecule has 0 saturated carbocycles. The lowest BCUT2D eigenvalue weighted by molar-refractivity contribution is 0.474. The topological polar surface area (TPSA) is 12.0 Å². The van der Waals surface area contributed by atoms with Crippen molar-refractivity contribution in [2.75, 3.05) is 5.75 Å². The van der Waals surface area contributed by atoms with Crippen molar-refractivity contribution in [1.82, 2.24) is 5.32 Å². The third kappa shape index (κ3) is 1.89. The standard InChI is InChI=1S/C8H17NS/c1-4-7-5-10-8(9-7)6(2)3/h6-9H,4-5H2,1-3H3. The van der Waals surface area contributed by atoms with Gasteiger partial charge in [-0.15, -0.1) is 11.8 Å². The van der Waals surface area contributed by atoms with Crippen LogP contribution < -0.4 is 5.32 Å². The average molecular weight is 159 g/mol. The Morgan fingerprint density at radius 2 is 2.30 bits per heavy atom. The minimum absolute atomic E-state index is 0.713. The minimum atomic E-state index is 0.713. The molecule has 1 nitrogen and oxygen atoms in total. The molecule has 1 saturated heterocycles. The predicted molar refractivity (Wildman–Crippen MR) is 48.3 cm³/mol. The molecular weight excluding hydrogens is 142 g/mol. The lowest BCUT2D eigenvalue weighted by Gasteiger charge is -2.14. The van der Waals surface area contributed by atoms with Crippen molar-refractivity contribution in [2.24, 2.45) is 5.92 Å². The Kier molecular flexibility index (Phi) is 3.05. The summed E-state index contributed by atoms with van der Waals surface area (Å²) in [7, 11) is 0. The van der Waals surface area contributed by atoms with Gasteiger partial charge in [-0.2, -0.15) is 0 Å². The molecule has 0 aromatic carbocycles. The van der Waals surface area contributed by atoms with Gasteiger partial charge in [0, 0.05) is 11.8 Å². The van der Waals surface area contributed by atoms with Gasteiger partial charge in [0.05, 0.1) is 5.37 Å². The van der Waals surface area contributed by atoms with Gasteiger partial charge in [0.2, 0.25) is 0 Å². The van der Waals surface area contributed by atoms with Gasteiger partial charge < -0.3 is 5.32 Å². The van der Waals surface area contributed by atoms with Gasteiger partial charge >= 0.3 is 0 Å². The highest BCUT2D eigenvalue weighted by Crippen LogP contribution is 2.25. The van der Waals surface area contributed by atoms with Crippen molar-refractivity contribution in [2.45, 2.75) is 38.6 Å². The summed E-state index contributed by atoms with van der Waals surface area (Å²) in [5.41, 5.74) is 0. The average Bonchev–Trinajstić information content (AvgIpc) is 2.34. The van der Waals surface area contributed by atoms with E-state index in [0.717, 1.165) is 12.0 Å². The van der Waals surface area contributed by atoms with Gasteiger partial charge in [-0.25, -0.2) is 0 Å². The zero-order valence-electron chi connectivity index (χ0n) is 7.05. The Labute approximate surface area is 68.0 Å². The molecule has 0 bridgehead atoms. The van der Waals surface area contributed by atoms with Crippen LogP contribution in [0.3, 0.4) is 0 Å². The number of rotatable bonds is 2. The molecule has 60 valence electrons. The van der Waals surface area contributed by atoms with E-state index >= 15 is 0 Å². The van der Waals surface area contributed by atoms with Gasteiger partial charge in [-0.1, -0.05) is 20.8 Å². The number of hydrogen-bond acceptors (Lipinski definition) is 2. The maximum atomic E-state index is 3.60. The van der Waals surface area contributed by atoms with E-state index in [4.69, 9.17) is 0 Å². The zero-order chi connectivity index (χ0) is 7.56. The van der Waals surface area contributed by atoms with Gasteiger partial charge in [-0.05, 0) is 12.3 Å². The first-order valence-corrected chi connectivity index (χ1v) is 5.16. The summed E-state index contributed by atoms with van der Waals surface area (Å²) < 4.78 is 0. The molecule has 0 spiro atoms. The Morgan fingerprint density at radius 1 is 1.60 bits per heavy atom. The molecule has 2 heteroatoms. The summed E-state index contributed by atoms with van der Waals surface area (Å²) in [5.74, 6) is 2.08. The molecule has 1 N–H and O–H groups in total. The van der Waals surface area contributed by atoms with Crippen LogP contribution >= 0.6 is 11.8 Å². The summed E-state index contributed by atoms with van der Waals surface area (Å²) >= 11 is 2.07. The third-order valence-electron chi connectivity index (χ3n) is 1.98. The second kappa shape index (κ2) is 3.63. The summed E-state index contributed by atoms with van der Waals surface area (Å²) in [6.45, 7) is 6.81. The Bertz CT molecular complexity index is 103. The van der Waals surface area contributed by atoms with Crippen LogP contribution in [0.5, 0.6) is 0 Å². The van der Waals surface area contributed by atoms with Crippen molar-refractivity contribution in [3.63, 3.8) is 0 Å². The first-order chi connectivity index (χ1) is 4.74. The van der Waals surface area contributed by atoms with Crippen LogP contribution in [0.15, 0.2) is 0 Å². The summed E-state index contributed by atoms with van der Waals surface area (Å²) in [4.78, 5) is 0. The van der Waals surface area contributed by atoms with E-state index in [0.29, 0.717) is 5.37 Å². The molecule has 0 aliphatic carbocycles. The van der Waals surface area contributed by atoms with E-state index in [2.05, 4.69) is 37.8 Å². The van der Waals surface area contributed by atoms with E-state index in [1.807, 2.05) is 0 Å². The van der Waals surface area contributed by atoms with E-state index in [1.165, 1.54) is 12.2 Å². The summed E-state index contributed by atoms with van der Waals surface area (Å²) in [5, 5.41) is 4.32.